The molecule has 0 spiro atoms. The number of hydrogen-bond donors (Lipinski definition) is 0. The van der Waals surface area contributed by atoms with Crippen molar-refractivity contribution >= 4 is 17.7 Å². The van der Waals surface area contributed by atoms with Gasteiger partial charge in [-0.25, -0.2) is 9.37 Å². The van der Waals surface area contributed by atoms with E-state index in [0.29, 0.717) is 5.92 Å². The van der Waals surface area contributed by atoms with Gasteiger partial charge >= 0.3 is 11.9 Å². The highest BCUT2D eigenvalue weighted by molar-refractivity contribution is 5.99. The molecule has 0 amide bonds. The van der Waals surface area contributed by atoms with Crippen molar-refractivity contribution in [3.63, 3.8) is 0 Å². The van der Waals surface area contributed by atoms with Crippen LogP contribution in [0.1, 0.15) is 62.0 Å². The average Bonchev–Trinajstić information content (AvgIpc) is 3.60. The standard InChI is InChI=1S/C25H28FNO6/c1-14(13-20(29)23-24(33-16(3)28)21(31-4)11-12-27-23)25(30)32-15(2)22(17-5-6-17)18-7-9-19(26)10-8-18/h7-12,14-15,17,22H,5-6,13H2,1-4H3/t14-,15+,22+/m1/s1. The van der Waals surface area contributed by atoms with Crippen LogP contribution < -0.4 is 9.47 Å². The molecule has 8 heteroatoms. The monoisotopic (exact) mass is 457 g/mol. The minimum atomic E-state index is -0.744. The van der Waals surface area contributed by atoms with Gasteiger partial charge in [-0.15, -0.1) is 0 Å². The maximum Gasteiger partial charge on any atom is 0.309 e. The van der Waals surface area contributed by atoms with Gasteiger partial charge in [-0.1, -0.05) is 19.1 Å². The molecule has 1 aliphatic carbocycles. The van der Waals surface area contributed by atoms with Crippen LogP contribution in [0.3, 0.4) is 0 Å². The second kappa shape index (κ2) is 10.6. The summed E-state index contributed by atoms with van der Waals surface area (Å²) in [6.07, 6.45) is 2.81. The number of carbonyl (C=O) groups excluding carboxylic acids is 3. The number of carbonyl (C=O) groups is 3. The molecule has 176 valence electrons. The normalized spacial score (nSPS) is 15.8. The van der Waals surface area contributed by atoms with Crippen LogP contribution in [0.15, 0.2) is 36.5 Å². The largest absolute Gasteiger partial charge is 0.493 e. The van der Waals surface area contributed by atoms with E-state index in [1.54, 1.807) is 19.1 Å². The Morgan fingerprint density at radius 1 is 1.12 bits per heavy atom. The number of nitrogens with zero attached hydrogens (tertiary/aromatic N) is 1. The number of esters is 2. The van der Waals surface area contributed by atoms with Gasteiger partial charge in [0.2, 0.25) is 5.75 Å². The van der Waals surface area contributed by atoms with Crippen molar-refractivity contribution in [2.45, 2.75) is 52.1 Å². The van der Waals surface area contributed by atoms with Gasteiger partial charge in [-0.3, -0.25) is 14.4 Å². The van der Waals surface area contributed by atoms with Crippen LogP contribution in [-0.4, -0.2) is 35.9 Å². The summed E-state index contributed by atoms with van der Waals surface area (Å²) < 4.78 is 29.3. The SMILES string of the molecule is COc1ccnc(C(=O)C[C@@H](C)C(=O)O[C@@H](C)[C@H](c2ccc(F)cc2)C2CC2)c1OC(C)=O. The number of halogens is 1. The predicted molar refractivity (Wildman–Crippen MR) is 118 cm³/mol. The molecule has 3 rings (SSSR count). The summed E-state index contributed by atoms with van der Waals surface area (Å²) in [6, 6.07) is 7.73. The van der Waals surface area contributed by atoms with Gasteiger partial charge < -0.3 is 14.2 Å². The van der Waals surface area contributed by atoms with Crippen molar-refractivity contribution in [2.24, 2.45) is 11.8 Å². The summed E-state index contributed by atoms with van der Waals surface area (Å²) >= 11 is 0. The lowest BCUT2D eigenvalue weighted by Crippen LogP contribution is -2.28. The van der Waals surface area contributed by atoms with E-state index in [9.17, 15) is 18.8 Å². The van der Waals surface area contributed by atoms with E-state index in [2.05, 4.69) is 4.98 Å². The number of aromatic nitrogens is 1. The maximum atomic E-state index is 13.3. The molecular formula is C25H28FNO6. The Bertz CT molecular complexity index is 1020. The van der Waals surface area contributed by atoms with Crippen LogP contribution in [0.4, 0.5) is 4.39 Å². The third-order valence-electron chi connectivity index (χ3n) is 5.68. The molecule has 1 aromatic heterocycles. The Kier molecular flexibility index (Phi) is 7.79. The van der Waals surface area contributed by atoms with E-state index in [1.165, 1.54) is 38.4 Å². The van der Waals surface area contributed by atoms with Gasteiger partial charge in [-0.05, 0) is 43.4 Å². The number of Topliss-reactive ketones (excluding diaryl/α,β-unsaturated/α-hetero) is 1. The zero-order valence-electron chi connectivity index (χ0n) is 19.2. The van der Waals surface area contributed by atoms with E-state index < -0.39 is 29.7 Å². The van der Waals surface area contributed by atoms with Crippen LogP contribution >= 0.6 is 0 Å². The second-order valence-electron chi connectivity index (χ2n) is 8.37. The molecule has 2 aromatic rings. The molecule has 1 aromatic carbocycles. The summed E-state index contributed by atoms with van der Waals surface area (Å²) in [5.41, 5.74) is 0.842. The summed E-state index contributed by atoms with van der Waals surface area (Å²) in [6.45, 7) is 4.63. The van der Waals surface area contributed by atoms with Crippen LogP contribution in [0.5, 0.6) is 11.5 Å². The van der Waals surface area contributed by atoms with Crippen LogP contribution in [0.25, 0.3) is 0 Å². The molecule has 3 atom stereocenters. The fourth-order valence-corrected chi connectivity index (χ4v) is 3.93. The van der Waals surface area contributed by atoms with Gasteiger partial charge in [0.05, 0.1) is 13.0 Å². The van der Waals surface area contributed by atoms with Crippen LogP contribution in [-0.2, 0) is 14.3 Å². The lowest BCUT2D eigenvalue weighted by molar-refractivity contribution is -0.154. The van der Waals surface area contributed by atoms with Gasteiger partial charge in [0.25, 0.3) is 0 Å². The van der Waals surface area contributed by atoms with E-state index in [1.807, 2.05) is 6.92 Å². The third kappa shape index (κ3) is 6.15. The zero-order chi connectivity index (χ0) is 24.1. The third-order valence-corrected chi connectivity index (χ3v) is 5.68. The molecule has 0 unspecified atom stereocenters. The van der Waals surface area contributed by atoms with E-state index in [0.717, 1.165) is 18.4 Å². The lowest BCUT2D eigenvalue weighted by Gasteiger charge is -2.26. The molecule has 1 aliphatic rings. The predicted octanol–water partition coefficient (Wildman–Crippen LogP) is 4.49. The van der Waals surface area contributed by atoms with Crippen LogP contribution in [0.2, 0.25) is 0 Å². The Balaban J connectivity index is 1.68. The maximum absolute atomic E-state index is 13.3. The molecule has 7 nitrogen and oxygen atoms in total. The molecule has 0 saturated heterocycles. The quantitative estimate of drug-likeness (QED) is 0.383. The van der Waals surface area contributed by atoms with Crippen LogP contribution in [0, 0.1) is 17.7 Å². The first-order valence-corrected chi connectivity index (χ1v) is 10.9. The van der Waals surface area contributed by atoms with E-state index in [4.69, 9.17) is 14.2 Å². The highest BCUT2D eigenvalue weighted by Crippen LogP contribution is 2.45. The molecular weight excluding hydrogens is 429 g/mol. The summed E-state index contributed by atoms with van der Waals surface area (Å²) in [7, 11) is 1.38. The van der Waals surface area contributed by atoms with Gasteiger partial charge in [0, 0.05) is 31.5 Å². The van der Waals surface area contributed by atoms with Gasteiger partial charge in [0.15, 0.2) is 17.2 Å². The van der Waals surface area contributed by atoms with Crippen molar-refractivity contribution in [2.75, 3.05) is 7.11 Å². The van der Waals surface area contributed by atoms with E-state index in [-0.39, 0.29) is 35.3 Å². The second-order valence-corrected chi connectivity index (χ2v) is 8.37. The van der Waals surface area contributed by atoms with Gasteiger partial charge in [0.1, 0.15) is 11.9 Å². The van der Waals surface area contributed by atoms with Crippen molar-refractivity contribution in [1.29, 1.82) is 0 Å². The zero-order valence-corrected chi connectivity index (χ0v) is 19.2. The topological polar surface area (TPSA) is 91.8 Å². The Morgan fingerprint density at radius 3 is 2.36 bits per heavy atom. The van der Waals surface area contributed by atoms with Gasteiger partial charge in [-0.2, -0.15) is 0 Å². The molecule has 0 radical (unpaired) electrons. The van der Waals surface area contributed by atoms with Crippen molar-refractivity contribution in [3.05, 3.63) is 53.6 Å². The summed E-state index contributed by atoms with van der Waals surface area (Å²) in [5, 5.41) is 0. The smallest absolute Gasteiger partial charge is 0.309 e. The lowest BCUT2D eigenvalue weighted by atomic mass is 9.89. The number of benzene rings is 1. The molecule has 0 aliphatic heterocycles. The van der Waals surface area contributed by atoms with Crippen molar-refractivity contribution < 1.29 is 33.0 Å². The number of pyridine rings is 1. The Hall–Kier alpha value is -3.29. The minimum Gasteiger partial charge on any atom is -0.493 e. The van der Waals surface area contributed by atoms with Crippen molar-refractivity contribution in [3.8, 4) is 11.5 Å². The fourth-order valence-electron chi connectivity index (χ4n) is 3.93. The highest BCUT2D eigenvalue weighted by atomic mass is 19.1. The summed E-state index contributed by atoms with van der Waals surface area (Å²) in [4.78, 5) is 41.1. The molecule has 0 N–H and O–H groups in total. The first-order valence-electron chi connectivity index (χ1n) is 10.9. The number of ether oxygens (including phenoxy) is 3. The first kappa shape index (κ1) is 24.4. The Labute approximate surface area is 192 Å². The number of methoxy groups -OCH3 is 1. The number of rotatable bonds is 10. The molecule has 0 bridgehead atoms. The number of ketones is 1. The molecule has 1 saturated carbocycles. The average molecular weight is 457 g/mol. The van der Waals surface area contributed by atoms with E-state index >= 15 is 0 Å². The number of hydrogen-bond acceptors (Lipinski definition) is 7. The van der Waals surface area contributed by atoms with Crippen molar-refractivity contribution in [1.82, 2.24) is 4.98 Å². The first-order chi connectivity index (χ1) is 15.7. The Morgan fingerprint density at radius 2 is 1.79 bits per heavy atom. The molecule has 1 heterocycles. The fraction of sp³-hybridized carbons (Fsp3) is 0.440. The minimum absolute atomic E-state index is 0.0342. The highest BCUT2D eigenvalue weighted by Gasteiger charge is 2.38. The summed E-state index contributed by atoms with van der Waals surface area (Å²) in [5.74, 6) is -2.20. The molecule has 33 heavy (non-hydrogen) atoms. The molecule has 1 fully saturated rings.